The molecular formula is C10H14ClNO. The Balaban J connectivity index is 2.38. The van der Waals surface area contributed by atoms with Crippen molar-refractivity contribution in [2.24, 2.45) is 0 Å². The van der Waals surface area contributed by atoms with Gasteiger partial charge in [-0.25, -0.2) is 0 Å². The summed E-state index contributed by atoms with van der Waals surface area (Å²) in [5.41, 5.74) is 2.70. The molecule has 0 bridgehead atoms. The molecule has 0 radical (unpaired) electrons. The van der Waals surface area contributed by atoms with Gasteiger partial charge in [-0.2, -0.15) is 0 Å². The molecule has 0 aromatic carbocycles. The van der Waals surface area contributed by atoms with Crippen LogP contribution in [-0.4, -0.2) is 6.54 Å². The fourth-order valence-corrected chi connectivity index (χ4v) is 1.07. The van der Waals surface area contributed by atoms with Crippen LogP contribution in [0.15, 0.2) is 33.9 Å². The van der Waals surface area contributed by atoms with Gasteiger partial charge in [0.05, 0.1) is 12.3 Å². The van der Waals surface area contributed by atoms with Crippen LogP contribution in [0, 0.1) is 0 Å². The Kier molecular flexibility index (Phi) is 4.06. The highest BCUT2D eigenvalue weighted by molar-refractivity contribution is 6.25. The van der Waals surface area contributed by atoms with Gasteiger partial charge in [-0.3, -0.25) is 0 Å². The molecule has 1 N–H and O–H groups in total. The van der Waals surface area contributed by atoms with Gasteiger partial charge in [-0.15, -0.1) is 0 Å². The van der Waals surface area contributed by atoms with Crippen molar-refractivity contribution in [2.75, 3.05) is 6.54 Å². The van der Waals surface area contributed by atoms with E-state index in [9.17, 15) is 0 Å². The molecule has 0 aliphatic heterocycles. The van der Waals surface area contributed by atoms with Crippen molar-refractivity contribution in [3.05, 3.63) is 35.3 Å². The summed E-state index contributed by atoms with van der Waals surface area (Å²) in [6.45, 7) is 4.82. The Bertz CT molecular complexity index is 266. The predicted octanol–water partition coefficient (Wildman–Crippen LogP) is 3.07. The van der Waals surface area contributed by atoms with Crippen molar-refractivity contribution in [3.63, 3.8) is 0 Å². The number of furan rings is 1. The first-order chi connectivity index (χ1) is 6.24. The average Bonchev–Trinajstić information content (AvgIpc) is 2.66. The fraction of sp³-hybridized carbons (Fsp3) is 0.400. The van der Waals surface area contributed by atoms with E-state index >= 15 is 0 Å². The molecule has 13 heavy (non-hydrogen) atoms. The standard InChI is InChI=1S/C10H14ClNO/c1-8(6-11)7-12-9(2)10-4-3-5-13-10/h3-6,9,12H,7H2,1-2H3/b8-6+/t9-/m0/s1. The van der Waals surface area contributed by atoms with E-state index in [4.69, 9.17) is 16.0 Å². The van der Waals surface area contributed by atoms with Gasteiger partial charge in [0.1, 0.15) is 5.76 Å². The van der Waals surface area contributed by atoms with E-state index in [0.717, 1.165) is 17.9 Å². The molecule has 0 aliphatic rings. The van der Waals surface area contributed by atoms with E-state index in [1.54, 1.807) is 11.8 Å². The average molecular weight is 200 g/mol. The first-order valence-electron chi connectivity index (χ1n) is 4.26. The van der Waals surface area contributed by atoms with E-state index in [1.807, 2.05) is 19.1 Å². The zero-order valence-corrected chi connectivity index (χ0v) is 8.64. The molecule has 0 fully saturated rings. The van der Waals surface area contributed by atoms with Crippen molar-refractivity contribution in [1.82, 2.24) is 5.32 Å². The predicted molar refractivity (Wildman–Crippen MR) is 54.7 cm³/mol. The van der Waals surface area contributed by atoms with E-state index in [1.165, 1.54) is 0 Å². The third-order valence-corrected chi connectivity index (χ3v) is 2.22. The first kappa shape index (κ1) is 10.4. The number of hydrogen-bond donors (Lipinski definition) is 1. The van der Waals surface area contributed by atoms with E-state index < -0.39 is 0 Å². The zero-order chi connectivity index (χ0) is 9.68. The molecule has 1 heterocycles. The molecule has 1 rings (SSSR count). The number of rotatable bonds is 4. The zero-order valence-electron chi connectivity index (χ0n) is 7.88. The molecule has 0 aliphatic carbocycles. The second-order valence-corrected chi connectivity index (χ2v) is 3.29. The molecule has 1 atom stereocenters. The fourth-order valence-electron chi connectivity index (χ4n) is 0.991. The molecule has 2 nitrogen and oxygen atoms in total. The molecule has 1 aromatic rings. The summed E-state index contributed by atoms with van der Waals surface area (Å²) in [7, 11) is 0. The molecule has 0 saturated heterocycles. The summed E-state index contributed by atoms with van der Waals surface area (Å²) in [5, 5.41) is 3.29. The maximum atomic E-state index is 5.53. The molecule has 72 valence electrons. The van der Waals surface area contributed by atoms with Crippen LogP contribution < -0.4 is 5.32 Å². The van der Waals surface area contributed by atoms with Gasteiger partial charge >= 0.3 is 0 Å². The highest BCUT2D eigenvalue weighted by Gasteiger charge is 2.06. The normalized spacial score (nSPS) is 14.5. The lowest BCUT2D eigenvalue weighted by Gasteiger charge is -2.10. The smallest absolute Gasteiger partial charge is 0.120 e. The Morgan fingerprint density at radius 3 is 3.08 bits per heavy atom. The maximum Gasteiger partial charge on any atom is 0.120 e. The monoisotopic (exact) mass is 199 g/mol. The second kappa shape index (κ2) is 5.10. The third kappa shape index (κ3) is 3.25. The summed E-state index contributed by atoms with van der Waals surface area (Å²) in [6.07, 6.45) is 1.68. The molecule has 3 heteroatoms. The lowest BCUT2D eigenvalue weighted by atomic mass is 10.2. The molecule has 0 unspecified atom stereocenters. The van der Waals surface area contributed by atoms with Gasteiger partial charge in [-0.05, 0) is 31.6 Å². The summed E-state index contributed by atoms with van der Waals surface area (Å²) < 4.78 is 5.25. The van der Waals surface area contributed by atoms with Crippen molar-refractivity contribution in [2.45, 2.75) is 19.9 Å². The lowest BCUT2D eigenvalue weighted by Crippen LogP contribution is -2.19. The van der Waals surface area contributed by atoms with E-state index in [2.05, 4.69) is 12.2 Å². The second-order valence-electron chi connectivity index (χ2n) is 3.07. The topological polar surface area (TPSA) is 25.2 Å². The Morgan fingerprint density at radius 2 is 2.54 bits per heavy atom. The van der Waals surface area contributed by atoms with Crippen LogP contribution >= 0.6 is 11.6 Å². The van der Waals surface area contributed by atoms with Gasteiger partial charge in [0.2, 0.25) is 0 Å². The quantitative estimate of drug-likeness (QED) is 0.807. The van der Waals surface area contributed by atoms with E-state index in [-0.39, 0.29) is 6.04 Å². The van der Waals surface area contributed by atoms with Crippen LogP contribution in [-0.2, 0) is 0 Å². The van der Waals surface area contributed by atoms with Crippen molar-refractivity contribution in [3.8, 4) is 0 Å². The van der Waals surface area contributed by atoms with Crippen molar-refractivity contribution < 1.29 is 4.42 Å². The molecule has 1 aromatic heterocycles. The van der Waals surface area contributed by atoms with Crippen LogP contribution in [0.3, 0.4) is 0 Å². The van der Waals surface area contributed by atoms with Gasteiger partial charge in [-0.1, -0.05) is 11.6 Å². The van der Waals surface area contributed by atoms with Crippen LogP contribution in [0.5, 0.6) is 0 Å². The van der Waals surface area contributed by atoms with Crippen LogP contribution in [0.2, 0.25) is 0 Å². The summed E-state index contributed by atoms with van der Waals surface area (Å²) in [6, 6.07) is 4.07. The first-order valence-corrected chi connectivity index (χ1v) is 4.70. The Hall–Kier alpha value is -0.730. The minimum absolute atomic E-state index is 0.224. The minimum atomic E-state index is 0.224. The number of hydrogen-bond acceptors (Lipinski definition) is 2. The van der Waals surface area contributed by atoms with Gasteiger partial charge in [0.15, 0.2) is 0 Å². The molecule has 0 amide bonds. The Morgan fingerprint density at radius 1 is 1.77 bits per heavy atom. The largest absolute Gasteiger partial charge is 0.468 e. The maximum absolute atomic E-state index is 5.53. The van der Waals surface area contributed by atoms with Gasteiger partial charge in [0.25, 0.3) is 0 Å². The molecular weight excluding hydrogens is 186 g/mol. The van der Waals surface area contributed by atoms with Crippen LogP contribution in [0.4, 0.5) is 0 Å². The van der Waals surface area contributed by atoms with Gasteiger partial charge < -0.3 is 9.73 Å². The number of halogens is 1. The number of nitrogens with one attached hydrogen (secondary N) is 1. The molecule has 0 saturated carbocycles. The third-order valence-electron chi connectivity index (χ3n) is 1.84. The Labute approximate surface area is 83.6 Å². The highest BCUT2D eigenvalue weighted by atomic mass is 35.5. The molecule has 0 spiro atoms. The SMILES string of the molecule is C/C(=C\Cl)CN[C@@H](C)c1ccco1. The minimum Gasteiger partial charge on any atom is -0.468 e. The van der Waals surface area contributed by atoms with Crippen LogP contribution in [0.25, 0.3) is 0 Å². The van der Waals surface area contributed by atoms with Gasteiger partial charge in [0, 0.05) is 12.1 Å². The summed E-state index contributed by atoms with van der Waals surface area (Å²) in [4.78, 5) is 0. The van der Waals surface area contributed by atoms with E-state index in [0.29, 0.717) is 0 Å². The highest BCUT2D eigenvalue weighted by Crippen LogP contribution is 2.12. The summed E-state index contributed by atoms with van der Waals surface area (Å²) >= 11 is 5.53. The van der Waals surface area contributed by atoms with Crippen LogP contribution in [0.1, 0.15) is 25.6 Å². The lowest BCUT2D eigenvalue weighted by molar-refractivity contribution is 0.439. The summed E-state index contributed by atoms with van der Waals surface area (Å²) in [5.74, 6) is 0.947. The van der Waals surface area contributed by atoms with Crippen molar-refractivity contribution in [1.29, 1.82) is 0 Å². The van der Waals surface area contributed by atoms with Crippen molar-refractivity contribution >= 4 is 11.6 Å².